The third-order valence-electron chi connectivity index (χ3n) is 4.01. The highest BCUT2D eigenvalue weighted by atomic mass is 19.4. The molecule has 0 amide bonds. The largest absolute Gasteiger partial charge is 0.416 e. The van der Waals surface area contributed by atoms with E-state index in [0.29, 0.717) is 11.1 Å². The maximum absolute atomic E-state index is 13.5. The zero-order chi connectivity index (χ0) is 17.2. The lowest BCUT2D eigenvalue weighted by Crippen LogP contribution is -2.31. The highest BCUT2D eigenvalue weighted by molar-refractivity contribution is 5.50. The van der Waals surface area contributed by atoms with Gasteiger partial charge in [0.25, 0.3) is 0 Å². The average Bonchev–Trinajstić information content (AvgIpc) is 2.62. The van der Waals surface area contributed by atoms with Crippen molar-refractivity contribution in [3.8, 4) is 0 Å². The summed E-state index contributed by atoms with van der Waals surface area (Å²) in [6.07, 6.45) is -4.56. The Bertz CT molecular complexity index is 772. The van der Waals surface area contributed by atoms with Crippen molar-refractivity contribution in [2.24, 2.45) is 0 Å². The Morgan fingerprint density at radius 1 is 0.542 bits per heavy atom. The lowest BCUT2D eigenvalue weighted by atomic mass is 9.78. The van der Waals surface area contributed by atoms with Gasteiger partial charge in [0.1, 0.15) is 5.60 Å². The highest BCUT2D eigenvalue weighted by Crippen LogP contribution is 2.43. The molecule has 0 fully saturated rings. The quantitative estimate of drug-likeness (QED) is 0.672. The van der Waals surface area contributed by atoms with Crippen LogP contribution in [-0.2, 0) is 11.8 Å². The fraction of sp³-hybridized carbons (Fsp3) is 0.100. The highest BCUT2D eigenvalue weighted by Gasteiger charge is 2.42. The van der Waals surface area contributed by atoms with Crippen molar-refractivity contribution < 1.29 is 18.3 Å². The number of alkyl halides is 3. The molecule has 0 atom stereocenters. The van der Waals surface area contributed by atoms with Gasteiger partial charge in [-0.2, -0.15) is 13.2 Å². The molecular weight excluding hydrogens is 313 g/mol. The molecule has 1 nitrogen and oxygen atoms in total. The first-order valence-electron chi connectivity index (χ1n) is 7.44. The van der Waals surface area contributed by atoms with E-state index >= 15 is 0 Å². The van der Waals surface area contributed by atoms with Crippen molar-refractivity contribution in [1.29, 1.82) is 0 Å². The fourth-order valence-electron chi connectivity index (χ4n) is 2.88. The van der Waals surface area contributed by atoms with Crippen molar-refractivity contribution in [2.45, 2.75) is 11.8 Å². The van der Waals surface area contributed by atoms with Crippen LogP contribution >= 0.6 is 0 Å². The summed E-state index contributed by atoms with van der Waals surface area (Å²) >= 11 is 0. The van der Waals surface area contributed by atoms with E-state index in [-0.39, 0.29) is 5.56 Å². The van der Waals surface area contributed by atoms with Crippen LogP contribution in [0.3, 0.4) is 0 Å². The summed E-state index contributed by atoms with van der Waals surface area (Å²) < 4.78 is 40.5. The Hall–Kier alpha value is -2.59. The zero-order valence-electron chi connectivity index (χ0n) is 12.7. The minimum Gasteiger partial charge on any atom is -0.376 e. The summed E-state index contributed by atoms with van der Waals surface area (Å²) in [4.78, 5) is 0. The van der Waals surface area contributed by atoms with Gasteiger partial charge in [-0.15, -0.1) is 0 Å². The molecule has 0 aliphatic rings. The van der Waals surface area contributed by atoms with Gasteiger partial charge in [-0.25, -0.2) is 0 Å². The van der Waals surface area contributed by atoms with Crippen LogP contribution in [0.4, 0.5) is 13.2 Å². The van der Waals surface area contributed by atoms with E-state index in [1.165, 1.54) is 18.2 Å². The topological polar surface area (TPSA) is 20.2 Å². The van der Waals surface area contributed by atoms with Gasteiger partial charge in [0.05, 0.1) is 5.56 Å². The lowest BCUT2D eigenvalue weighted by Gasteiger charge is -2.32. The van der Waals surface area contributed by atoms with Gasteiger partial charge >= 0.3 is 6.18 Å². The van der Waals surface area contributed by atoms with Crippen LogP contribution in [0.5, 0.6) is 0 Å². The number of aliphatic hydroxyl groups is 1. The molecule has 0 aliphatic heterocycles. The predicted molar refractivity (Wildman–Crippen MR) is 86.4 cm³/mol. The zero-order valence-corrected chi connectivity index (χ0v) is 12.7. The first kappa shape index (κ1) is 16.3. The SMILES string of the molecule is OC(c1ccccc1)(c1ccccc1)c1ccccc1C(F)(F)F. The monoisotopic (exact) mass is 328 g/mol. The summed E-state index contributed by atoms with van der Waals surface area (Å²) in [5.41, 5.74) is -2.16. The van der Waals surface area contributed by atoms with Crippen LogP contribution in [-0.4, -0.2) is 5.11 Å². The third kappa shape index (κ3) is 2.81. The molecule has 24 heavy (non-hydrogen) atoms. The minimum atomic E-state index is -4.56. The first-order valence-corrected chi connectivity index (χ1v) is 7.44. The molecule has 0 radical (unpaired) electrons. The number of hydrogen-bond acceptors (Lipinski definition) is 1. The molecule has 4 heteroatoms. The van der Waals surface area contributed by atoms with Crippen LogP contribution in [0, 0.1) is 0 Å². The van der Waals surface area contributed by atoms with Gasteiger partial charge in [0, 0.05) is 5.56 Å². The molecule has 0 heterocycles. The minimum absolute atomic E-state index is 0.185. The Kier molecular flexibility index (Phi) is 4.16. The van der Waals surface area contributed by atoms with E-state index in [2.05, 4.69) is 0 Å². The second kappa shape index (κ2) is 6.13. The van der Waals surface area contributed by atoms with Crippen LogP contribution < -0.4 is 0 Å². The van der Waals surface area contributed by atoms with E-state index < -0.39 is 17.3 Å². The maximum Gasteiger partial charge on any atom is 0.416 e. The fourth-order valence-corrected chi connectivity index (χ4v) is 2.88. The molecule has 0 saturated heterocycles. The average molecular weight is 328 g/mol. The van der Waals surface area contributed by atoms with E-state index in [1.54, 1.807) is 60.7 Å². The van der Waals surface area contributed by atoms with Gasteiger partial charge in [0.2, 0.25) is 0 Å². The van der Waals surface area contributed by atoms with E-state index in [4.69, 9.17) is 0 Å². The number of rotatable bonds is 3. The summed E-state index contributed by atoms with van der Waals surface area (Å²) in [6.45, 7) is 0. The van der Waals surface area contributed by atoms with Gasteiger partial charge in [-0.3, -0.25) is 0 Å². The normalized spacial score (nSPS) is 12.2. The van der Waals surface area contributed by atoms with Crippen molar-refractivity contribution in [3.05, 3.63) is 107 Å². The van der Waals surface area contributed by atoms with Crippen molar-refractivity contribution in [3.63, 3.8) is 0 Å². The molecule has 122 valence electrons. The van der Waals surface area contributed by atoms with Gasteiger partial charge in [0.15, 0.2) is 0 Å². The van der Waals surface area contributed by atoms with E-state index in [0.717, 1.165) is 6.07 Å². The van der Waals surface area contributed by atoms with Gasteiger partial charge < -0.3 is 5.11 Å². The molecule has 0 spiro atoms. The van der Waals surface area contributed by atoms with Gasteiger partial charge in [-0.05, 0) is 17.2 Å². The molecule has 3 aromatic rings. The second-order valence-corrected chi connectivity index (χ2v) is 5.49. The van der Waals surface area contributed by atoms with E-state index in [9.17, 15) is 18.3 Å². The van der Waals surface area contributed by atoms with Crippen molar-refractivity contribution in [1.82, 2.24) is 0 Å². The lowest BCUT2D eigenvalue weighted by molar-refractivity contribution is -0.139. The molecule has 0 unspecified atom stereocenters. The Labute approximate surface area is 138 Å². The third-order valence-corrected chi connectivity index (χ3v) is 4.01. The second-order valence-electron chi connectivity index (χ2n) is 5.49. The molecule has 3 rings (SSSR count). The van der Waals surface area contributed by atoms with Crippen LogP contribution in [0.1, 0.15) is 22.3 Å². The molecule has 0 aliphatic carbocycles. The molecule has 3 aromatic carbocycles. The molecule has 0 aromatic heterocycles. The summed E-state index contributed by atoms with van der Waals surface area (Å²) in [7, 11) is 0. The first-order chi connectivity index (χ1) is 11.4. The number of benzene rings is 3. The van der Waals surface area contributed by atoms with Crippen molar-refractivity contribution in [2.75, 3.05) is 0 Å². The van der Waals surface area contributed by atoms with Crippen LogP contribution in [0.2, 0.25) is 0 Å². The Morgan fingerprint density at radius 2 is 0.917 bits per heavy atom. The molecule has 0 bridgehead atoms. The maximum atomic E-state index is 13.5. The predicted octanol–water partition coefficient (Wildman–Crippen LogP) is 4.99. The van der Waals surface area contributed by atoms with Crippen LogP contribution in [0.25, 0.3) is 0 Å². The number of halogens is 3. The van der Waals surface area contributed by atoms with E-state index in [1.807, 2.05) is 0 Å². The van der Waals surface area contributed by atoms with Gasteiger partial charge in [-0.1, -0.05) is 78.9 Å². The Morgan fingerprint density at radius 3 is 1.33 bits per heavy atom. The molecular formula is C20H15F3O. The van der Waals surface area contributed by atoms with Crippen LogP contribution in [0.15, 0.2) is 84.9 Å². The number of hydrogen-bond donors (Lipinski definition) is 1. The molecule has 0 saturated carbocycles. The molecule has 1 N–H and O–H groups in total. The summed E-state index contributed by atoms with van der Waals surface area (Å²) in [5.74, 6) is 0. The summed E-state index contributed by atoms with van der Waals surface area (Å²) in [5, 5.41) is 11.5. The summed E-state index contributed by atoms with van der Waals surface area (Å²) in [6, 6.07) is 21.9. The smallest absolute Gasteiger partial charge is 0.376 e. The standard InChI is InChI=1S/C20H15F3O/c21-20(22,23)18-14-8-7-13-17(18)19(24,15-9-3-1-4-10-15)16-11-5-2-6-12-16/h1-14,24H. The Balaban J connectivity index is 2.33. The van der Waals surface area contributed by atoms with Crippen molar-refractivity contribution >= 4 is 0 Å².